The maximum absolute atomic E-state index is 11.5. The molecule has 0 radical (unpaired) electrons. The number of nitrogens with one attached hydrogen (secondary N) is 1. The first-order valence-electron chi connectivity index (χ1n) is 4.92. The summed E-state index contributed by atoms with van der Waals surface area (Å²) in [7, 11) is 1.51. The van der Waals surface area contributed by atoms with Gasteiger partial charge in [0, 0.05) is 5.39 Å². The lowest BCUT2D eigenvalue weighted by molar-refractivity contribution is 0.414. The number of ether oxygens (including phenoxy) is 1. The Kier molecular flexibility index (Phi) is 2.48. The number of aryl methyl sites for hydroxylation is 1. The summed E-state index contributed by atoms with van der Waals surface area (Å²) in [5.74, 6) is 0.245. The Hall–Kier alpha value is -2.48. The second-order valence-corrected chi connectivity index (χ2v) is 3.66. The lowest BCUT2D eigenvalue weighted by Crippen LogP contribution is -2.10. The summed E-state index contributed by atoms with van der Waals surface area (Å²) >= 11 is 0. The first-order chi connectivity index (χ1) is 8.08. The normalized spacial score (nSPS) is 10.2. The van der Waals surface area contributed by atoms with Crippen molar-refractivity contribution in [2.45, 2.75) is 6.92 Å². The fourth-order valence-corrected chi connectivity index (χ4v) is 1.75. The van der Waals surface area contributed by atoms with E-state index in [0.717, 1.165) is 5.56 Å². The number of rotatable bonds is 1. The smallest absolute Gasteiger partial charge is 0.270 e. The molecular weight excluding hydrogens is 220 g/mol. The van der Waals surface area contributed by atoms with Crippen LogP contribution < -0.4 is 10.3 Å². The second-order valence-electron chi connectivity index (χ2n) is 3.66. The number of aromatic nitrogens is 1. The fourth-order valence-electron chi connectivity index (χ4n) is 1.75. The average molecular weight is 230 g/mol. The molecule has 17 heavy (non-hydrogen) atoms. The van der Waals surface area contributed by atoms with E-state index in [-0.39, 0.29) is 11.3 Å². The summed E-state index contributed by atoms with van der Waals surface area (Å²) in [6, 6.07) is 5.00. The third-order valence-corrected chi connectivity index (χ3v) is 2.61. The number of benzene rings is 1. The largest absolute Gasteiger partial charge is 0.506 e. The topological polar surface area (TPSA) is 86.1 Å². The summed E-state index contributed by atoms with van der Waals surface area (Å²) in [4.78, 5) is 14.1. The molecule has 0 atom stereocenters. The number of hydrogen-bond acceptors (Lipinski definition) is 4. The van der Waals surface area contributed by atoms with E-state index in [0.29, 0.717) is 16.7 Å². The van der Waals surface area contributed by atoms with Crippen molar-refractivity contribution in [1.29, 1.82) is 5.26 Å². The van der Waals surface area contributed by atoms with E-state index in [1.165, 1.54) is 7.11 Å². The van der Waals surface area contributed by atoms with Gasteiger partial charge in [-0.1, -0.05) is 0 Å². The number of aromatic hydroxyl groups is 1. The summed E-state index contributed by atoms with van der Waals surface area (Å²) in [6.45, 7) is 1.78. The molecule has 5 nitrogen and oxygen atoms in total. The first-order valence-corrected chi connectivity index (χ1v) is 4.92. The summed E-state index contributed by atoms with van der Waals surface area (Å²) < 4.78 is 5.08. The number of nitrogens with zero attached hydrogens (tertiary/aromatic N) is 1. The quantitative estimate of drug-likeness (QED) is 0.775. The number of hydrogen-bond donors (Lipinski definition) is 2. The van der Waals surface area contributed by atoms with Gasteiger partial charge < -0.3 is 14.8 Å². The molecule has 1 heterocycles. The van der Waals surface area contributed by atoms with Crippen LogP contribution >= 0.6 is 0 Å². The van der Waals surface area contributed by atoms with Gasteiger partial charge in [0.25, 0.3) is 5.56 Å². The van der Waals surface area contributed by atoms with Crippen LogP contribution in [0.25, 0.3) is 10.9 Å². The van der Waals surface area contributed by atoms with Crippen LogP contribution in [0, 0.1) is 18.3 Å². The van der Waals surface area contributed by atoms with Crippen molar-refractivity contribution >= 4 is 10.9 Å². The summed E-state index contributed by atoms with van der Waals surface area (Å²) in [5, 5.41) is 19.1. The third-order valence-electron chi connectivity index (χ3n) is 2.61. The Balaban J connectivity index is 2.99. The minimum Gasteiger partial charge on any atom is -0.506 e. The van der Waals surface area contributed by atoms with Crippen LogP contribution in [-0.2, 0) is 0 Å². The van der Waals surface area contributed by atoms with E-state index in [1.54, 1.807) is 25.1 Å². The van der Waals surface area contributed by atoms with Crippen molar-refractivity contribution in [3.8, 4) is 17.6 Å². The van der Waals surface area contributed by atoms with Crippen molar-refractivity contribution in [1.82, 2.24) is 4.98 Å². The molecule has 2 rings (SSSR count). The molecule has 0 spiro atoms. The fraction of sp³-hybridized carbons (Fsp3) is 0.167. The van der Waals surface area contributed by atoms with Gasteiger partial charge in [-0.25, -0.2) is 0 Å². The molecule has 0 unspecified atom stereocenters. The van der Waals surface area contributed by atoms with Gasteiger partial charge in [-0.15, -0.1) is 0 Å². The lowest BCUT2D eigenvalue weighted by Gasteiger charge is -2.08. The minimum absolute atomic E-state index is 0.287. The molecule has 0 fully saturated rings. The van der Waals surface area contributed by atoms with Crippen molar-refractivity contribution in [3.05, 3.63) is 33.6 Å². The molecule has 0 aliphatic carbocycles. The molecular formula is C12H10N2O3. The van der Waals surface area contributed by atoms with E-state index in [9.17, 15) is 9.90 Å². The monoisotopic (exact) mass is 230 g/mol. The zero-order chi connectivity index (χ0) is 12.6. The molecule has 5 heteroatoms. The van der Waals surface area contributed by atoms with E-state index < -0.39 is 5.56 Å². The van der Waals surface area contributed by atoms with Crippen molar-refractivity contribution in [2.75, 3.05) is 7.11 Å². The highest BCUT2D eigenvalue weighted by molar-refractivity contribution is 5.90. The maximum Gasteiger partial charge on any atom is 0.270 e. The molecule has 2 N–H and O–H groups in total. The summed E-state index contributed by atoms with van der Waals surface area (Å²) in [5.41, 5.74) is 0.388. The number of H-pyrrole nitrogens is 1. The van der Waals surface area contributed by atoms with Gasteiger partial charge in [-0.2, -0.15) is 5.26 Å². The van der Waals surface area contributed by atoms with Crippen molar-refractivity contribution in [2.24, 2.45) is 0 Å². The zero-order valence-corrected chi connectivity index (χ0v) is 9.37. The maximum atomic E-state index is 11.5. The molecule has 0 bridgehead atoms. The SMILES string of the molecule is COc1cc(C)c2[nH]c(=O)c(C#N)c(O)c2c1. The van der Waals surface area contributed by atoms with Gasteiger partial charge in [0.1, 0.15) is 17.6 Å². The average Bonchev–Trinajstić information content (AvgIpc) is 2.31. The van der Waals surface area contributed by atoms with Gasteiger partial charge in [0.2, 0.25) is 0 Å². The minimum atomic E-state index is -0.592. The number of methoxy groups -OCH3 is 1. The van der Waals surface area contributed by atoms with E-state index >= 15 is 0 Å². The number of aromatic amines is 1. The zero-order valence-electron chi connectivity index (χ0n) is 9.37. The van der Waals surface area contributed by atoms with Crippen LogP contribution in [0.1, 0.15) is 11.1 Å². The van der Waals surface area contributed by atoms with Gasteiger partial charge in [0.15, 0.2) is 5.56 Å². The van der Waals surface area contributed by atoms with Crippen LogP contribution in [0.4, 0.5) is 0 Å². The Morgan fingerprint density at radius 2 is 2.18 bits per heavy atom. The predicted molar refractivity (Wildman–Crippen MR) is 62.2 cm³/mol. The lowest BCUT2D eigenvalue weighted by atomic mass is 10.1. The van der Waals surface area contributed by atoms with E-state index in [2.05, 4.69) is 4.98 Å². The first kappa shape index (κ1) is 11.0. The van der Waals surface area contributed by atoms with Crippen LogP contribution in [0.3, 0.4) is 0 Å². The van der Waals surface area contributed by atoms with Crippen molar-refractivity contribution < 1.29 is 9.84 Å². The molecule has 0 saturated heterocycles. The van der Waals surface area contributed by atoms with Crippen molar-refractivity contribution in [3.63, 3.8) is 0 Å². The van der Waals surface area contributed by atoms with Gasteiger partial charge in [0.05, 0.1) is 12.6 Å². The van der Waals surface area contributed by atoms with E-state index in [1.807, 2.05) is 0 Å². The Bertz CT molecular complexity index is 695. The molecule has 86 valence electrons. The second kappa shape index (κ2) is 3.83. The molecule has 0 aliphatic heterocycles. The van der Waals surface area contributed by atoms with Crippen LogP contribution in [0.2, 0.25) is 0 Å². The molecule has 2 aromatic rings. The van der Waals surface area contributed by atoms with Crippen LogP contribution in [0.15, 0.2) is 16.9 Å². The number of fused-ring (bicyclic) bond motifs is 1. The Morgan fingerprint density at radius 1 is 1.47 bits per heavy atom. The predicted octanol–water partition coefficient (Wildman–Crippen LogP) is 1.42. The molecule has 0 amide bonds. The highest BCUT2D eigenvalue weighted by Gasteiger charge is 2.13. The molecule has 0 aliphatic rings. The van der Waals surface area contributed by atoms with Crippen LogP contribution in [-0.4, -0.2) is 17.2 Å². The number of pyridine rings is 1. The molecule has 1 aromatic carbocycles. The highest BCUT2D eigenvalue weighted by atomic mass is 16.5. The Morgan fingerprint density at radius 3 is 2.76 bits per heavy atom. The van der Waals surface area contributed by atoms with Gasteiger partial charge >= 0.3 is 0 Å². The molecule has 1 aromatic heterocycles. The summed E-state index contributed by atoms with van der Waals surface area (Å²) in [6.07, 6.45) is 0. The van der Waals surface area contributed by atoms with Gasteiger partial charge in [-0.3, -0.25) is 4.79 Å². The van der Waals surface area contributed by atoms with Crippen LogP contribution in [0.5, 0.6) is 11.5 Å². The Labute approximate surface area is 96.9 Å². The van der Waals surface area contributed by atoms with Gasteiger partial charge in [-0.05, 0) is 24.6 Å². The number of nitriles is 1. The molecule has 0 saturated carbocycles. The standard InChI is InChI=1S/C12H10N2O3/c1-6-3-7(17-2)4-8-10(6)14-12(16)9(5-13)11(8)15/h3-4H,1-2H3,(H2,14,15,16). The third kappa shape index (κ3) is 1.60. The van der Waals surface area contributed by atoms with E-state index in [4.69, 9.17) is 10.00 Å². The highest BCUT2D eigenvalue weighted by Crippen LogP contribution is 2.30.